The Bertz CT molecular complexity index is 1020. The molecule has 0 radical (unpaired) electrons. The molecule has 0 spiro atoms. The van der Waals surface area contributed by atoms with Crippen molar-refractivity contribution < 1.29 is 15.3 Å². The molecule has 0 saturated carbocycles. The zero-order valence-electron chi connectivity index (χ0n) is 21.7. The van der Waals surface area contributed by atoms with Gasteiger partial charge in [-0.3, -0.25) is 0 Å². The summed E-state index contributed by atoms with van der Waals surface area (Å²) in [6.07, 6.45) is 3.04. The SMILES string of the molecule is CC(C)(CO)c1ccc([C@@H](O)CCCN2CCC(C(O)(c3ccccc3)c3ccccc3)CC2)cc1. The van der Waals surface area contributed by atoms with E-state index in [0.29, 0.717) is 0 Å². The van der Waals surface area contributed by atoms with Crippen molar-refractivity contribution in [1.29, 1.82) is 0 Å². The maximum atomic E-state index is 12.1. The van der Waals surface area contributed by atoms with Crippen LogP contribution in [0.15, 0.2) is 84.9 Å². The highest BCUT2D eigenvalue weighted by atomic mass is 16.3. The van der Waals surface area contributed by atoms with Gasteiger partial charge in [-0.05, 0) is 73.5 Å². The molecule has 4 heteroatoms. The average molecular weight is 488 g/mol. The molecule has 4 rings (SSSR count). The summed E-state index contributed by atoms with van der Waals surface area (Å²) in [5.41, 5.74) is 2.68. The molecule has 1 aliphatic rings. The fraction of sp³-hybridized carbons (Fsp3) is 0.438. The third-order valence-electron chi connectivity index (χ3n) is 8.03. The van der Waals surface area contributed by atoms with Crippen LogP contribution in [0.4, 0.5) is 0 Å². The Labute approximate surface area is 216 Å². The quantitative estimate of drug-likeness (QED) is 0.357. The van der Waals surface area contributed by atoms with E-state index in [1.807, 2.05) is 98.8 Å². The highest BCUT2D eigenvalue weighted by Crippen LogP contribution is 2.42. The molecule has 1 saturated heterocycles. The van der Waals surface area contributed by atoms with Gasteiger partial charge in [-0.15, -0.1) is 0 Å². The van der Waals surface area contributed by atoms with E-state index in [0.717, 1.165) is 67.6 Å². The van der Waals surface area contributed by atoms with Crippen LogP contribution >= 0.6 is 0 Å². The molecule has 36 heavy (non-hydrogen) atoms. The first kappa shape index (κ1) is 26.6. The lowest BCUT2D eigenvalue weighted by Crippen LogP contribution is -2.44. The number of aliphatic hydroxyl groups excluding tert-OH is 2. The summed E-state index contributed by atoms with van der Waals surface area (Å²) in [6.45, 7) is 6.99. The molecule has 192 valence electrons. The van der Waals surface area contributed by atoms with Gasteiger partial charge >= 0.3 is 0 Å². The van der Waals surface area contributed by atoms with Crippen LogP contribution in [0.3, 0.4) is 0 Å². The number of piperidine rings is 1. The Morgan fingerprint density at radius 3 is 1.83 bits per heavy atom. The summed E-state index contributed by atoms with van der Waals surface area (Å²) in [4.78, 5) is 2.46. The summed E-state index contributed by atoms with van der Waals surface area (Å²) in [6, 6.07) is 28.2. The van der Waals surface area contributed by atoms with Crippen LogP contribution in [-0.2, 0) is 11.0 Å². The molecule has 0 aromatic heterocycles. The molecule has 3 aromatic rings. The maximum Gasteiger partial charge on any atom is 0.117 e. The van der Waals surface area contributed by atoms with Crippen molar-refractivity contribution in [2.24, 2.45) is 5.92 Å². The molecule has 1 fully saturated rings. The fourth-order valence-corrected chi connectivity index (χ4v) is 5.52. The normalized spacial score (nSPS) is 16.7. The minimum atomic E-state index is -0.985. The van der Waals surface area contributed by atoms with Gasteiger partial charge < -0.3 is 20.2 Å². The van der Waals surface area contributed by atoms with E-state index < -0.39 is 11.7 Å². The highest BCUT2D eigenvalue weighted by molar-refractivity contribution is 5.37. The van der Waals surface area contributed by atoms with Gasteiger partial charge in [0.1, 0.15) is 5.60 Å². The van der Waals surface area contributed by atoms with E-state index in [2.05, 4.69) is 4.90 Å². The Morgan fingerprint density at radius 1 is 0.806 bits per heavy atom. The first-order valence-corrected chi connectivity index (χ1v) is 13.3. The van der Waals surface area contributed by atoms with Crippen LogP contribution in [0.2, 0.25) is 0 Å². The second-order valence-corrected chi connectivity index (χ2v) is 10.9. The number of rotatable bonds is 10. The number of aliphatic hydroxyl groups is 3. The van der Waals surface area contributed by atoms with Crippen LogP contribution in [0.1, 0.15) is 67.9 Å². The van der Waals surface area contributed by atoms with E-state index in [4.69, 9.17) is 0 Å². The van der Waals surface area contributed by atoms with E-state index >= 15 is 0 Å². The van der Waals surface area contributed by atoms with Crippen molar-refractivity contribution in [1.82, 2.24) is 4.90 Å². The molecule has 0 aliphatic carbocycles. The van der Waals surface area contributed by atoms with Crippen LogP contribution in [0.5, 0.6) is 0 Å². The second-order valence-electron chi connectivity index (χ2n) is 10.9. The molecule has 0 bridgehead atoms. The van der Waals surface area contributed by atoms with Crippen molar-refractivity contribution in [2.75, 3.05) is 26.2 Å². The highest BCUT2D eigenvalue weighted by Gasteiger charge is 2.41. The lowest BCUT2D eigenvalue weighted by Gasteiger charge is -2.42. The third kappa shape index (κ3) is 5.90. The summed E-state index contributed by atoms with van der Waals surface area (Å²) in [5, 5.41) is 32.3. The van der Waals surface area contributed by atoms with Crippen molar-refractivity contribution in [3.05, 3.63) is 107 Å². The average Bonchev–Trinajstić information content (AvgIpc) is 2.94. The largest absolute Gasteiger partial charge is 0.395 e. The van der Waals surface area contributed by atoms with Crippen molar-refractivity contribution in [3.8, 4) is 0 Å². The van der Waals surface area contributed by atoms with Crippen LogP contribution < -0.4 is 0 Å². The van der Waals surface area contributed by atoms with Gasteiger partial charge in [-0.25, -0.2) is 0 Å². The number of likely N-dealkylation sites (tertiary alicyclic amines) is 1. The van der Waals surface area contributed by atoms with Gasteiger partial charge in [0.2, 0.25) is 0 Å². The molecule has 3 aromatic carbocycles. The standard InChI is InChI=1S/C32H41NO3/c1-31(2,24-34)26-17-15-25(16-18-26)30(35)14-9-21-33-22-19-29(20-23-33)32(36,27-10-5-3-6-11-27)28-12-7-4-8-13-28/h3-8,10-13,15-18,29-30,34-36H,9,14,19-24H2,1-2H3/t30-/m0/s1. The Hall–Kier alpha value is -2.50. The number of benzene rings is 3. The van der Waals surface area contributed by atoms with Crippen molar-refractivity contribution >= 4 is 0 Å². The van der Waals surface area contributed by atoms with E-state index in [9.17, 15) is 15.3 Å². The Balaban J connectivity index is 1.31. The van der Waals surface area contributed by atoms with Crippen molar-refractivity contribution in [3.63, 3.8) is 0 Å². The van der Waals surface area contributed by atoms with Crippen LogP contribution in [0, 0.1) is 5.92 Å². The molecule has 0 amide bonds. The van der Waals surface area contributed by atoms with E-state index in [1.165, 1.54) is 0 Å². The monoisotopic (exact) mass is 487 g/mol. The molecule has 1 heterocycles. The number of nitrogens with zero attached hydrogens (tertiary/aromatic N) is 1. The van der Waals surface area contributed by atoms with Gasteiger partial charge in [-0.2, -0.15) is 0 Å². The lowest BCUT2D eigenvalue weighted by molar-refractivity contribution is -0.0146. The van der Waals surface area contributed by atoms with Gasteiger partial charge in [0.15, 0.2) is 0 Å². The fourth-order valence-electron chi connectivity index (χ4n) is 5.52. The Morgan fingerprint density at radius 2 is 1.33 bits per heavy atom. The predicted octanol–water partition coefficient (Wildman–Crippen LogP) is 5.42. The Kier molecular flexibility index (Phi) is 8.63. The minimum Gasteiger partial charge on any atom is -0.395 e. The molecular weight excluding hydrogens is 446 g/mol. The zero-order chi connectivity index (χ0) is 25.6. The predicted molar refractivity (Wildman–Crippen MR) is 146 cm³/mol. The smallest absolute Gasteiger partial charge is 0.117 e. The van der Waals surface area contributed by atoms with Gasteiger partial charge in [0.05, 0.1) is 12.7 Å². The molecule has 1 atom stereocenters. The van der Waals surface area contributed by atoms with Gasteiger partial charge in [0.25, 0.3) is 0 Å². The third-order valence-corrected chi connectivity index (χ3v) is 8.03. The van der Waals surface area contributed by atoms with Crippen LogP contribution in [-0.4, -0.2) is 46.5 Å². The first-order valence-electron chi connectivity index (χ1n) is 13.3. The number of hydrogen-bond acceptors (Lipinski definition) is 4. The summed E-state index contributed by atoms with van der Waals surface area (Å²) in [7, 11) is 0. The van der Waals surface area contributed by atoms with E-state index in [-0.39, 0.29) is 17.9 Å². The topological polar surface area (TPSA) is 63.9 Å². The summed E-state index contributed by atoms with van der Waals surface area (Å²) < 4.78 is 0. The molecule has 0 unspecified atom stereocenters. The minimum absolute atomic E-state index is 0.0969. The van der Waals surface area contributed by atoms with Gasteiger partial charge in [-0.1, -0.05) is 98.8 Å². The maximum absolute atomic E-state index is 12.1. The zero-order valence-corrected chi connectivity index (χ0v) is 21.7. The summed E-state index contributed by atoms with van der Waals surface area (Å²) >= 11 is 0. The number of hydrogen-bond donors (Lipinski definition) is 3. The first-order chi connectivity index (χ1) is 17.3. The van der Waals surface area contributed by atoms with Crippen LogP contribution in [0.25, 0.3) is 0 Å². The molecule has 4 nitrogen and oxygen atoms in total. The van der Waals surface area contributed by atoms with E-state index in [1.54, 1.807) is 0 Å². The lowest BCUT2D eigenvalue weighted by atomic mass is 9.72. The van der Waals surface area contributed by atoms with Crippen molar-refractivity contribution in [2.45, 2.75) is 56.7 Å². The second kappa shape index (κ2) is 11.7. The molecule has 3 N–H and O–H groups in total. The molecular formula is C32H41NO3. The van der Waals surface area contributed by atoms with Gasteiger partial charge in [0, 0.05) is 5.41 Å². The molecule has 1 aliphatic heterocycles. The summed E-state index contributed by atoms with van der Waals surface area (Å²) in [5.74, 6) is 0.158.